The minimum Gasteiger partial charge on any atom is -0.403 e. The van der Waals surface area contributed by atoms with Crippen LogP contribution < -0.4 is 4.74 Å². The van der Waals surface area contributed by atoms with Gasteiger partial charge < -0.3 is 4.74 Å². The normalized spacial score (nSPS) is 11.4. The lowest BCUT2D eigenvalue weighted by Gasteiger charge is -2.09. The van der Waals surface area contributed by atoms with Crippen LogP contribution in [0.1, 0.15) is 5.56 Å². The molecule has 0 amide bonds. The topological polar surface area (TPSA) is 33.0 Å². The third-order valence-corrected chi connectivity index (χ3v) is 1.53. The highest BCUT2D eigenvalue weighted by Crippen LogP contribution is 2.26. The van der Waals surface area contributed by atoms with Gasteiger partial charge in [-0.1, -0.05) is 6.07 Å². The van der Waals surface area contributed by atoms with Crippen molar-refractivity contribution < 1.29 is 22.3 Å². The van der Waals surface area contributed by atoms with E-state index in [9.17, 15) is 17.6 Å². The van der Waals surface area contributed by atoms with Gasteiger partial charge >= 0.3 is 6.36 Å². The van der Waals surface area contributed by atoms with Crippen LogP contribution >= 0.6 is 0 Å². The standard InChI is InChI=1S/C10H5F4NO/c11-8-6-7(2-1-5-15)3-4-9(8)16-10(12,13)14/h1-4,6H. The van der Waals surface area contributed by atoms with E-state index in [2.05, 4.69) is 4.74 Å². The van der Waals surface area contributed by atoms with Gasteiger partial charge in [-0.2, -0.15) is 5.26 Å². The number of alkyl halides is 3. The lowest BCUT2D eigenvalue weighted by molar-refractivity contribution is -0.275. The van der Waals surface area contributed by atoms with E-state index in [1.165, 1.54) is 12.1 Å². The van der Waals surface area contributed by atoms with Crippen LogP contribution in [0.3, 0.4) is 0 Å². The second-order valence-corrected chi connectivity index (χ2v) is 2.70. The number of hydrogen-bond donors (Lipinski definition) is 0. The van der Waals surface area contributed by atoms with Crippen molar-refractivity contribution in [2.45, 2.75) is 6.36 Å². The molecule has 1 aromatic carbocycles. The molecule has 6 heteroatoms. The number of halogens is 4. The van der Waals surface area contributed by atoms with Crippen molar-refractivity contribution in [3.63, 3.8) is 0 Å². The van der Waals surface area contributed by atoms with Crippen LogP contribution in [0.5, 0.6) is 5.75 Å². The number of ether oxygens (including phenoxy) is 1. The first-order valence-corrected chi connectivity index (χ1v) is 4.04. The van der Waals surface area contributed by atoms with Crippen LogP contribution in [0.4, 0.5) is 17.6 Å². The van der Waals surface area contributed by atoms with Gasteiger partial charge in [-0.05, 0) is 23.8 Å². The molecule has 0 fully saturated rings. The third-order valence-electron chi connectivity index (χ3n) is 1.53. The van der Waals surface area contributed by atoms with Crippen LogP contribution in [0.15, 0.2) is 24.3 Å². The van der Waals surface area contributed by atoms with E-state index in [0.717, 1.165) is 18.2 Å². The first-order chi connectivity index (χ1) is 7.42. The Morgan fingerprint density at radius 1 is 1.31 bits per heavy atom. The van der Waals surface area contributed by atoms with Crippen LogP contribution in [0.2, 0.25) is 0 Å². The summed E-state index contributed by atoms with van der Waals surface area (Å²) in [6.45, 7) is 0. The number of nitriles is 1. The van der Waals surface area contributed by atoms with E-state index >= 15 is 0 Å². The minimum absolute atomic E-state index is 0.272. The molecule has 0 spiro atoms. The predicted molar refractivity (Wildman–Crippen MR) is 47.7 cm³/mol. The molecule has 0 aliphatic heterocycles. The molecule has 0 atom stereocenters. The lowest BCUT2D eigenvalue weighted by atomic mass is 10.2. The Balaban J connectivity index is 2.93. The minimum atomic E-state index is -4.93. The zero-order chi connectivity index (χ0) is 12.2. The molecule has 0 heterocycles. The van der Waals surface area contributed by atoms with Gasteiger partial charge in [0.2, 0.25) is 0 Å². The largest absolute Gasteiger partial charge is 0.573 e. The fourth-order valence-electron chi connectivity index (χ4n) is 0.962. The predicted octanol–water partition coefficient (Wildman–Crippen LogP) is 3.26. The molecule has 1 rings (SSSR count). The summed E-state index contributed by atoms with van der Waals surface area (Å²) in [7, 11) is 0. The zero-order valence-electron chi connectivity index (χ0n) is 7.75. The van der Waals surface area contributed by atoms with Gasteiger partial charge in [0.15, 0.2) is 11.6 Å². The highest BCUT2D eigenvalue weighted by Gasteiger charge is 2.32. The second kappa shape index (κ2) is 4.66. The fourth-order valence-corrected chi connectivity index (χ4v) is 0.962. The molecule has 0 radical (unpaired) electrons. The fraction of sp³-hybridized carbons (Fsp3) is 0.100. The maximum atomic E-state index is 13.1. The number of benzene rings is 1. The molecule has 2 nitrogen and oxygen atoms in total. The van der Waals surface area contributed by atoms with E-state index in [-0.39, 0.29) is 5.56 Å². The molecule has 16 heavy (non-hydrogen) atoms. The molecule has 0 bridgehead atoms. The Morgan fingerprint density at radius 2 is 2.00 bits per heavy atom. The van der Waals surface area contributed by atoms with Crippen molar-refractivity contribution in [2.75, 3.05) is 0 Å². The van der Waals surface area contributed by atoms with Crippen LogP contribution in [-0.2, 0) is 0 Å². The van der Waals surface area contributed by atoms with E-state index in [1.807, 2.05) is 0 Å². The summed E-state index contributed by atoms with van der Waals surface area (Å²) in [5, 5.41) is 8.20. The van der Waals surface area contributed by atoms with E-state index < -0.39 is 17.9 Å². The van der Waals surface area contributed by atoms with Gasteiger partial charge in [-0.25, -0.2) is 4.39 Å². The first kappa shape index (κ1) is 12.0. The van der Waals surface area contributed by atoms with Gasteiger partial charge in [-0.3, -0.25) is 0 Å². The summed E-state index contributed by atoms with van der Waals surface area (Å²) in [6, 6.07) is 4.57. The Kier molecular flexibility index (Phi) is 3.51. The summed E-state index contributed by atoms with van der Waals surface area (Å²) >= 11 is 0. The Morgan fingerprint density at radius 3 is 2.50 bits per heavy atom. The smallest absolute Gasteiger partial charge is 0.403 e. The number of allylic oxidation sites excluding steroid dienone is 1. The molecule has 0 aromatic heterocycles. The zero-order valence-corrected chi connectivity index (χ0v) is 7.75. The van der Waals surface area contributed by atoms with Gasteiger partial charge in [0.05, 0.1) is 6.07 Å². The summed E-state index contributed by atoms with van der Waals surface area (Å²) in [6.07, 6.45) is -2.58. The molecular weight excluding hydrogens is 226 g/mol. The van der Waals surface area contributed by atoms with Crippen molar-refractivity contribution in [3.8, 4) is 11.8 Å². The number of rotatable bonds is 2. The van der Waals surface area contributed by atoms with Gasteiger partial charge in [-0.15, -0.1) is 13.2 Å². The quantitative estimate of drug-likeness (QED) is 0.578. The van der Waals surface area contributed by atoms with Crippen molar-refractivity contribution in [1.82, 2.24) is 0 Å². The highest BCUT2D eigenvalue weighted by atomic mass is 19.4. The maximum Gasteiger partial charge on any atom is 0.573 e. The Bertz CT molecular complexity index is 445. The molecule has 84 valence electrons. The van der Waals surface area contributed by atoms with Crippen LogP contribution in [-0.4, -0.2) is 6.36 Å². The van der Waals surface area contributed by atoms with Crippen molar-refractivity contribution in [1.29, 1.82) is 5.26 Å². The molecule has 0 unspecified atom stereocenters. The van der Waals surface area contributed by atoms with Gasteiger partial charge in [0.1, 0.15) is 0 Å². The van der Waals surface area contributed by atoms with Crippen molar-refractivity contribution in [2.24, 2.45) is 0 Å². The maximum absolute atomic E-state index is 13.1. The summed E-state index contributed by atoms with van der Waals surface area (Å²) in [5.74, 6) is -2.04. The van der Waals surface area contributed by atoms with Crippen molar-refractivity contribution in [3.05, 3.63) is 35.7 Å². The molecular formula is C10H5F4NO. The van der Waals surface area contributed by atoms with Gasteiger partial charge in [0, 0.05) is 6.08 Å². The third kappa shape index (κ3) is 3.61. The molecule has 0 N–H and O–H groups in total. The molecule has 0 aliphatic rings. The summed E-state index contributed by atoms with van der Waals surface area (Å²) in [5.41, 5.74) is 0.272. The SMILES string of the molecule is N#CC=Cc1ccc(OC(F)(F)F)c(F)c1. The van der Waals surface area contributed by atoms with Crippen molar-refractivity contribution >= 4 is 6.08 Å². The second-order valence-electron chi connectivity index (χ2n) is 2.70. The average molecular weight is 231 g/mol. The monoisotopic (exact) mass is 231 g/mol. The number of nitrogens with zero attached hydrogens (tertiary/aromatic N) is 1. The van der Waals surface area contributed by atoms with Crippen LogP contribution in [0.25, 0.3) is 6.08 Å². The average Bonchev–Trinajstić information content (AvgIpc) is 2.17. The summed E-state index contributed by atoms with van der Waals surface area (Å²) in [4.78, 5) is 0. The Hall–Kier alpha value is -2.03. The summed E-state index contributed by atoms with van der Waals surface area (Å²) < 4.78 is 51.8. The molecule has 1 aromatic rings. The van der Waals surface area contributed by atoms with Gasteiger partial charge in [0.25, 0.3) is 0 Å². The molecule has 0 saturated carbocycles. The first-order valence-electron chi connectivity index (χ1n) is 4.04. The Labute approximate surface area is 88.4 Å². The van der Waals surface area contributed by atoms with E-state index in [0.29, 0.717) is 0 Å². The highest BCUT2D eigenvalue weighted by molar-refractivity contribution is 5.53. The number of hydrogen-bond acceptors (Lipinski definition) is 2. The molecule has 0 saturated heterocycles. The lowest BCUT2D eigenvalue weighted by Crippen LogP contribution is -2.17. The van der Waals surface area contributed by atoms with E-state index in [1.54, 1.807) is 6.07 Å². The molecule has 0 aliphatic carbocycles. The van der Waals surface area contributed by atoms with E-state index in [4.69, 9.17) is 5.26 Å². The van der Waals surface area contributed by atoms with Crippen LogP contribution in [0, 0.1) is 17.1 Å².